The van der Waals surface area contributed by atoms with Crippen LogP contribution in [0.5, 0.6) is 0 Å². The summed E-state index contributed by atoms with van der Waals surface area (Å²) in [5.74, 6) is 0.884. The summed E-state index contributed by atoms with van der Waals surface area (Å²) in [6.07, 6.45) is 4.95. The van der Waals surface area contributed by atoms with Crippen molar-refractivity contribution in [2.45, 2.75) is 25.7 Å². The van der Waals surface area contributed by atoms with Gasteiger partial charge in [-0.1, -0.05) is 31.2 Å². The van der Waals surface area contributed by atoms with Crippen LogP contribution in [0.25, 0.3) is 0 Å². The van der Waals surface area contributed by atoms with Gasteiger partial charge < -0.3 is 0 Å². The van der Waals surface area contributed by atoms with Gasteiger partial charge in [-0.2, -0.15) is 0 Å². The second-order valence-corrected chi connectivity index (χ2v) is 3.23. The molecule has 0 unspecified atom stereocenters. The van der Waals surface area contributed by atoms with E-state index in [1.165, 1.54) is 24.0 Å². The lowest BCUT2D eigenvalue weighted by Gasteiger charge is -1.99. The Morgan fingerprint density at radius 1 is 1.36 bits per heavy atom. The van der Waals surface area contributed by atoms with E-state index in [0.717, 1.165) is 5.92 Å². The third-order valence-electron chi connectivity index (χ3n) is 2.29. The number of benzene rings is 1. The van der Waals surface area contributed by atoms with Crippen LogP contribution in [0.15, 0.2) is 24.3 Å². The molecule has 0 bridgehead atoms. The number of rotatable bonds is 2. The van der Waals surface area contributed by atoms with E-state index in [1.54, 1.807) is 0 Å². The Kier molecular flexibility index (Phi) is 1.69. The summed E-state index contributed by atoms with van der Waals surface area (Å²) in [5.41, 5.74) is 2.88. The molecule has 0 aliphatic heterocycles. The average Bonchev–Trinajstić information content (AvgIpc) is 2.87. The van der Waals surface area contributed by atoms with Crippen molar-refractivity contribution in [1.82, 2.24) is 0 Å². The lowest BCUT2D eigenvalue weighted by Crippen LogP contribution is -1.81. The average molecular weight is 145 g/mol. The molecule has 1 saturated carbocycles. The fourth-order valence-corrected chi connectivity index (χ4v) is 1.41. The van der Waals surface area contributed by atoms with E-state index < -0.39 is 0 Å². The Balaban J connectivity index is 2.26. The first-order chi connectivity index (χ1) is 5.40. The predicted molar refractivity (Wildman–Crippen MR) is 47.5 cm³/mol. The summed E-state index contributed by atoms with van der Waals surface area (Å²) in [6, 6.07) is 8.86. The Morgan fingerprint density at radius 2 is 2.18 bits per heavy atom. The Hall–Kier alpha value is -0.780. The monoisotopic (exact) mass is 145 g/mol. The van der Waals surface area contributed by atoms with E-state index >= 15 is 0 Å². The van der Waals surface area contributed by atoms with Crippen molar-refractivity contribution < 1.29 is 0 Å². The van der Waals surface area contributed by atoms with Crippen molar-refractivity contribution in [1.29, 1.82) is 0 Å². The third kappa shape index (κ3) is 1.45. The highest BCUT2D eigenvalue weighted by Gasteiger charge is 2.22. The molecule has 0 heteroatoms. The highest BCUT2D eigenvalue weighted by Crippen LogP contribution is 2.40. The number of hydrogen-bond acceptors (Lipinski definition) is 0. The quantitative estimate of drug-likeness (QED) is 0.599. The normalized spacial score (nSPS) is 16.8. The first kappa shape index (κ1) is 6.90. The minimum atomic E-state index is 0.884. The summed E-state index contributed by atoms with van der Waals surface area (Å²) in [4.78, 5) is 0. The molecule has 0 atom stereocenters. The molecule has 0 N–H and O–H groups in total. The lowest BCUT2D eigenvalue weighted by molar-refractivity contribution is 1.12. The minimum Gasteiger partial charge on any atom is -0.0617 e. The highest BCUT2D eigenvalue weighted by atomic mass is 14.3. The van der Waals surface area contributed by atoms with Crippen LogP contribution >= 0.6 is 0 Å². The van der Waals surface area contributed by atoms with Crippen LogP contribution in [0.4, 0.5) is 0 Å². The molecular weight excluding hydrogens is 132 g/mol. The Morgan fingerprint density at radius 3 is 2.82 bits per heavy atom. The Bertz CT molecular complexity index is 246. The molecule has 0 spiro atoms. The van der Waals surface area contributed by atoms with E-state index in [0.29, 0.717) is 0 Å². The van der Waals surface area contributed by atoms with Crippen LogP contribution in [-0.4, -0.2) is 0 Å². The second-order valence-electron chi connectivity index (χ2n) is 3.23. The van der Waals surface area contributed by atoms with Crippen LogP contribution in [0.3, 0.4) is 0 Å². The topological polar surface area (TPSA) is 0 Å². The second kappa shape index (κ2) is 2.69. The van der Waals surface area contributed by atoms with Gasteiger partial charge in [-0.3, -0.25) is 0 Å². The Labute approximate surface area is 68.3 Å². The summed E-state index contributed by atoms with van der Waals surface area (Å²) < 4.78 is 0. The van der Waals surface area contributed by atoms with Crippen LogP contribution in [0.1, 0.15) is 36.8 Å². The molecular formula is C11H13. The molecule has 1 aromatic carbocycles. The summed E-state index contributed by atoms with van der Waals surface area (Å²) >= 11 is 0. The smallest absolute Gasteiger partial charge is 0.0124 e. The SMILES string of the molecule is C[CH]c1cccc(C2CC2)c1. The maximum absolute atomic E-state index is 2.30. The van der Waals surface area contributed by atoms with Gasteiger partial charge in [0.1, 0.15) is 0 Å². The molecule has 2 rings (SSSR count). The van der Waals surface area contributed by atoms with Crippen molar-refractivity contribution >= 4 is 0 Å². The standard InChI is InChI=1S/C11H13/c1-2-9-4-3-5-11(8-9)10-6-7-10/h2-5,8,10H,6-7H2,1H3. The van der Waals surface area contributed by atoms with Crippen molar-refractivity contribution in [3.63, 3.8) is 0 Å². The third-order valence-corrected chi connectivity index (χ3v) is 2.29. The van der Waals surface area contributed by atoms with Crippen molar-refractivity contribution in [2.75, 3.05) is 0 Å². The molecule has 1 aromatic rings. The molecule has 0 amide bonds. The van der Waals surface area contributed by atoms with Crippen LogP contribution < -0.4 is 0 Å². The molecule has 0 saturated heterocycles. The zero-order valence-electron chi connectivity index (χ0n) is 6.88. The molecule has 1 radical (unpaired) electrons. The molecule has 57 valence electrons. The largest absolute Gasteiger partial charge is 0.0617 e. The lowest BCUT2D eigenvalue weighted by atomic mass is 10.1. The van der Waals surface area contributed by atoms with E-state index in [1.807, 2.05) is 0 Å². The van der Waals surface area contributed by atoms with Gasteiger partial charge in [-0.15, -0.1) is 0 Å². The minimum absolute atomic E-state index is 0.884. The molecule has 11 heavy (non-hydrogen) atoms. The van der Waals surface area contributed by atoms with E-state index in [2.05, 4.69) is 37.6 Å². The van der Waals surface area contributed by atoms with Crippen LogP contribution in [-0.2, 0) is 0 Å². The summed E-state index contributed by atoms with van der Waals surface area (Å²) in [6.45, 7) is 2.09. The number of hydrogen-bond donors (Lipinski definition) is 0. The molecule has 0 heterocycles. The highest BCUT2D eigenvalue weighted by molar-refractivity contribution is 5.32. The van der Waals surface area contributed by atoms with Gasteiger partial charge in [0, 0.05) is 0 Å². The molecule has 1 fully saturated rings. The maximum Gasteiger partial charge on any atom is -0.0124 e. The zero-order valence-corrected chi connectivity index (χ0v) is 6.88. The fourth-order valence-electron chi connectivity index (χ4n) is 1.41. The zero-order chi connectivity index (χ0) is 7.68. The molecule has 1 aliphatic carbocycles. The van der Waals surface area contributed by atoms with Gasteiger partial charge >= 0.3 is 0 Å². The summed E-state index contributed by atoms with van der Waals surface area (Å²) in [5, 5.41) is 0. The van der Waals surface area contributed by atoms with Crippen molar-refractivity contribution in [3.05, 3.63) is 41.8 Å². The van der Waals surface area contributed by atoms with E-state index in [9.17, 15) is 0 Å². The fraction of sp³-hybridized carbons (Fsp3) is 0.364. The first-order valence-electron chi connectivity index (χ1n) is 4.29. The van der Waals surface area contributed by atoms with Gasteiger partial charge in [0.15, 0.2) is 0 Å². The van der Waals surface area contributed by atoms with E-state index in [4.69, 9.17) is 0 Å². The van der Waals surface area contributed by atoms with Crippen molar-refractivity contribution in [3.8, 4) is 0 Å². The summed E-state index contributed by atoms with van der Waals surface area (Å²) in [7, 11) is 0. The van der Waals surface area contributed by atoms with E-state index in [-0.39, 0.29) is 0 Å². The van der Waals surface area contributed by atoms with Gasteiger partial charge in [-0.05, 0) is 36.3 Å². The van der Waals surface area contributed by atoms with Gasteiger partial charge in [0.2, 0.25) is 0 Å². The van der Waals surface area contributed by atoms with Gasteiger partial charge in [0.25, 0.3) is 0 Å². The first-order valence-corrected chi connectivity index (χ1v) is 4.29. The van der Waals surface area contributed by atoms with Crippen molar-refractivity contribution in [2.24, 2.45) is 0 Å². The van der Waals surface area contributed by atoms with Gasteiger partial charge in [0.05, 0.1) is 0 Å². The van der Waals surface area contributed by atoms with Crippen LogP contribution in [0, 0.1) is 6.42 Å². The molecule has 1 aliphatic rings. The van der Waals surface area contributed by atoms with Crippen LogP contribution in [0.2, 0.25) is 0 Å². The molecule has 0 nitrogen and oxygen atoms in total. The molecule has 0 aromatic heterocycles. The predicted octanol–water partition coefficient (Wildman–Crippen LogP) is 3.14. The maximum atomic E-state index is 2.30. The van der Waals surface area contributed by atoms with Gasteiger partial charge in [-0.25, -0.2) is 0 Å².